The molecular weight excluding hydrogens is 512 g/mol. The number of nitrogens with zero attached hydrogens (tertiary/aromatic N) is 4. The van der Waals surface area contributed by atoms with Crippen LogP contribution in [0, 0.1) is 17.8 Å². The second-order valence-corrected chi connectivity index (χ2v) is 12.1. The van der Waals surface area contributed by atoms with E-state index in [4.69, 9.17) is 9.47 Å². The molecule has 0 saturated carbocycles. The maximum absolute atomic E-state index is 14.5. The summed E-state index contributed by atoms with van der Waals surface area (Å²) in [5.74, 6) is -1.85. The van der Waals surface area contributed by atoms with Gasteiger partial charge in [0.05, 0.1) is 30.7 Å². The van der Waals surface area contributed by atoms with Gasteiger partial charge in [-0.05, 0) is 38.5 Å². The number of fused-ring (bicyclic) bond motifs is 1. The first-order valence-electron chi connectivity index (χ1n) is 14.8. The van der Waals surface area contributed by atoms with E-state index < -0.39 is 29.1 Å². The normalized spacial score (nSPS) is 33.2. The lowest BCUT2D eigenvalue weighted by atomic mass is 9.62. The summed E-state index contributed by atoms with van der Waals surface area (Å²) in [5.41, 5.74) is -1.90. The van der Waals surface area contributed by atoms with Crippen LogP contribution in [-0.4, -0.2) is 132 Å². The SMILES string of the molecule is C=CCN(C)C(=O)[C@H]1[C@H]2C(=O)N(CCCCCO)C(C(=O)N(CC=C)CCN3CCOCC3)C23CC(C)[C@]1(C)O3. The van der Waals surface area contributed by atoms with Gasteiger partial charge in [-0.25, -0.2) is 0 Å². The number of hydrogen-bond acceptors (Lipinski definition) is 7. The van der Waals surface area contributed by atoms with Crippen molar-refractivity contribution in [3.8, 4) is 0 Å². The number of carbonyl (C=O) groups is 3. The summed E-state index contributed by atoms with van der Waals surface area (Å²) in [4.78, 5) is 50.0. The van der Waals surface area contributed by atoms with Gasteiger partial charge >= 0.3 is 0 Å². The van der Waals surface area contributed by atoms with Crippen molar-refractivity contribution < 1.29 is 29.0 Å². The highest BCUT2D eigenvalue weighted by atomic mass is 16.5. The number of ether oxygens (including phenoxy) is 2. The molecule has 3 amide bonds. The van der Waals surface area contributed by atoms with Crippen LogP contribution in [0.3, 0.4) is 0 Å². The Morgan fingerprint density at radius 1 is 1.10 bits per heavy atom. The summed E-state index contributed by atoms with van der Waals surface area (Å²) in [6.07, 6.45) is 5.98. The Morgan fingerprint density at radius 2 is 1.80 bits per heavy atom. The molecule has 4 aliphatic rings. The smallest absolute Gasteiger partial charge is 0.248 e. The van der Waals surface area contributed by atoms with Crippen LogP contribution in [-0.2, 0) is 23.9 Å². The van der Waals surface area contributed by atoms with E-state index in [9.17, 15) is 19.5 Å². The summed E-state index contributed by atoms with van der Waals surface area (Å²) in [6, 6.07) is -0.810. The first kappa shape index (κ1) is 30.7. The molecule has 6 atom stereocenters. The van der Waals surface area contributed by atoms with Gasteiger partial charge in [0, 0.05) is 59.5 Å². The minimum Gasteiger partial charge on any atom is -0.396 e. The zero-order valence-electron chi connectivity index (χ0n) is 24.6. The third-order valence-electron chi connectivity index (χ3n) is 9.60. The van der Waals surface area contributed by atoms with Gasteiger partial charge in [-0.2, -0.15) is 0 Å². The molecule has 3 unspecified atom stereocenters. The number of rotatable bonds is 14. The van der Waals surface area contributed by atoms with Gasteiger partial charge in [0.1, 0.15) is 11.6 Å². The lowest BCUT2D eigenvalue weighted by molar-refractivity contribution is -0.154. The third kappa shape index (κ3) is 5.35. The highest BCUT2D eigenvalue weighted by molar-refractivity contribution is 5.99. The first-order valence-corrected chi connectivity index (χ1v) is 14.8. The maximum Gasteiger partial charge on any atom is 0.248 e. The van der Waals surface area contributed by atoms with Gasteiger partial charge < -0.3 is 29.3 Å². The van der Waals surface area contributed by atoms with Crippen LogP contribution in [0.5, 0.6) is 0 Å². The van der Waals surface area contributed by atoms with Crippen molar-refractivity contribution >= 4 is 17.7 Å². The Labute approximate surface area is 238 Å². The van der Waals surface area contributed by atoms with Crippen LogP contribution in [0.4, 0.5) is 0 Å². The molecule has 4 saturated heterocycles. The molecule has 1 spiro atoms. The molecule has 2 bridgehead atoms. The lowest BCUT2D eigenvalue weighted by Gasteiger charge is -2.38. The molecule has 4 rings (SSSR count). The monoisotopic (exact) mass is 560 g/mol. The number of hydrogen-bond donors (Lipinski definition) is 1. The minimum atomic E-state index is -1.06. The topological polar surface area (TPSA) is 103 Å². The fraction of sp³-hybridized carbons (Fsp3) is 0.767. The molecule has 0 aromatic rings. The Morgan fingerprint density at radius 3 is 2.45 bits per heavy atom. The van der Waals surface area contributed by atoms with Gasteiger partial charge in [0.15, 0.2) is 0 Å². The molecule has 1 N–H and O–H groups in total. The third-order valence-corrected chi connectivity index (χ3v) is 9.60. The molecule has 10 nitrogen and oxygen atoms in total. The quantitative estimate of drug-likeness (QED) is 0.251. The van der Waals surface area contributed by atoms with Crippen LogP contribution in [0.15, 0.2) is 25.3 Å². The standard InChI is InChI=1S/C30H48N4O6/c1-6-11-31(5)26(36)23-24-27(37)34(13-9-8-10-18-35)25(30(24)21-22(3)29(23,4)40-30)28(38)33(12-7-2)15-14-32-16-19-39-20-17-32/h6-7,22-25,35H,1-2,8-21H2,3-5H3/t22?,23-,24+,25?,29+,30?/m1/s1. The zero-order chi connectivity index (χ0) is 29.1. The molecule has 0 aromatic carbocycles. The van der Waals surface area contributed by atoms with E-state index in [2.05, 4.69) is 25.0 Å². The average Bonchev–Trinajstić information content (AvgIpc) is 3.45. The maximum atomic E-state index is 14.5. The van der Waals surface area contributed by atoms with Crippen molar-refractivity contribution in [1.82, 2.24) is 19.6 Å². The van der Waals surface area contributed by atoms with Crippen LogP contribution in [0.1, 0.15) is 39.5 Å². The number of aliphatic hydroxyl groups excluding tert-OH is 1. The summed E-state index contributed by atoms with van der Waals surface area (Å²) in [5, 5.41) is 9.28. The highest BCUT2D eigenvalue weighted by Crippen LogP contribution is 2.65. The van der Waals surface area contributed by atoms with Crippen molar-refractivity contribution in [3.63, 3.8) is 0 Å². The lowest BCUT2D eigenvalue weighted by Crippen LogP contribution is -2.57. The fourth-order valence-corrected chi connectivity index (χ4v) is 7.43. The average molecular weight is 561 g/mol. The molecule has 0 aliphatic carbocycles. The van der Waals surface area contributed by atoms with E-state index in [1.165, 1.54) is 0 Å². The van der Waals surface area contributed by atoms with Gasteiger partial charge in [-0.15, -0.1) is 13.2 Å². The van der Waals surface area contributed by atoms with Crippen molar-refractivity contribution in [1.29, 1.82) is 0 Å². The van der Waals surface area contributed by atoms with Crippen molar-refractivity contribution in [2.24, 2.45) is 17.8 Å². The van der Waals surface area contributed by atoms with Gasteiger partial charge in [-0.3, -0.25) is 19.3 Å². The number of aliphatic hydroxyl groups is 1. The van der Waals surface area contributed by atoms with E-state index in [1.54, 1.807) is 33.9 Å². The van der Waals surface area contributed by atoms with E-state index >= 15 is 0 Å². The summed E-state index contributed by atoms with van der Waals surface area (Å²) in [6.45, 7) is 17.1. The number of likely N-dealkylation sites (tertiary alicyclic amines) is 1. The first-order chi connectivity index (χ1) is 19.2. The molecule has 224 valence electrons. The van der Waals surface area contributed by atoms with Crippen LogP contribution < -0.4 is 0 Å². The highest BCUT2D eigenvalue weighted by Gasteiger charge is 2.80. The largest absolute Gasteiger partial charge is 0.396 e. The van der Waals surface area contributed by atoms with Gasteiger partial charge in [-0.1, -0.05) is 19.1 Å². The van der Waals surface area contributed by atoms with Crippen molar-refractivity contribution in [2.75, 3.05) is 72.7 Å². The number of carbonyl (C=O) groups excluding carboxylic acids is 3. The molecule has 4 fully saturated rings. The Balaban J connectivity index is 1.68. The summed E-state index contributed by atoms with van der Waals surface area (Å²) < 4.78 is 12.3. The molecule has 0 aromatic heterocycles. The van der Waals surface area contributed by atoms with E-state index in [0.717, 1.165) is 19.5 Å². The summed E-state index contributed by atoms with van der Waals surface area (Å²) >= 11 is 0. The summed E-state index contributed by atoms with van der Waals surface area (Å²) in [7, 11) is 1.73. The molecule has 0 radical (unpaired) electrons. The minimum absolute atomic E-state index is 0.00604. The Hall–Kier alpha value is -2.27. The number of unbranched alkanes of at least 4 members (excludes halogenated alkanes) is 2. The fourth-order valence-electron chi connectivity index (χ4n) is 7.43. The number of amides is 3. The Kier molecular flexibility index (Phi) is 9.75. The second kappa shape index (κ2) is 12.7. The van der Waals surface area contributed by atoms with Gasteiger partial charge in [0.2, 0.25) is 17.7 Å². The van der Waals surface area contributed by atoms with Gasteiger partial charge in [0.25, 0.3) is 0 Å². The Bertz CT molecular complexity index is 970. The molecule has 40 heavy (non-hydrogen) atoms. The van der Waals surface area contributed by atoms with Crippen LogP contribution in [0.2, 0.25) is 0 Å². The van der Waals surface area contributed by atoms with Crippen LogP contribution >= 0.6 is 0 Å². The second-order valence-electron chi connectivity index (χ2n) is 12.1. The molecular formula is C30H48N4O6. The van der Waals surface area contributed by atoms with Crippen LogP contribution in [0.25, 0.3) is 0 Å². The number of likely N-dealkylation sites (N-methyl/N-ethyl adjacent to an activating group) is 1. The molecule has 4 heterocycles. The number of morpholine rings is 1. The van der Waals surface area contributed by atoms with E-state index in [1.807, 2.05) is 6.92 Å². The predicted molar refractivity (Wildman–Crippen MR) is 151 cm³/mol. The predicted octanol–water partition coefficient (Wildman–Crippen LogP) is 1.15. The molecule has 10 heteroatoms. The van der Waals surface area contributed by atoms with Crippen molar-refractivity contribution in [3.05, 3.63) is 25.3 Å². The van der Waals surface area contributed by atoms with E-state index in [-0.39, 0.29) is 30.2 Å². The van der Waals surface area contributed by atoms with E-state index in [0.29, 0.717) is 65.2 Å². The zero-order valence-corrected chi connectivity index (χ0v) is 24.6. The molecule has 4 aliphatic heterocycles. The van der Waals surface area contributed by atoms with Crippen molar-refractivity contribution in [2.45, 2.75) is 56.8 Å².